The van der Waals surface area contributed by atoms with E-state index >= 15 is 0 Å². The summed E-state index contributed by atoms with van der Waals surface area (Å²) in [5, 5.41) is 3.51. The molecule has 0 atom stereocenters. The molecule has 2 saturated heterocycles. The van der Waals surface area contributed by atoms with Gasteiger partial charge in [0.2, 0.25) is 0 Å². The zero-order valence-corrected chi connectivity index (χ0v) is 22.6. The first kappa shape index (κ1) is 25.7. The van der Waals surface area contributed by atoms with Crippen LogP contribution in [-0.4, -0.2) is 105 Å². The lowest BCUT2D eigenvalue weighted by Gasteiger charge is -2.36. The van der Waals surface area contributed by atoms with E-state index in [1.54, 1.807) is 7.11 Å². The Morgan fingerprint density at radius 1 is 0.897 bits per heavy atom. The summed E-state index contributed by atoms with van der Waals surface area (Å²) in [4.78, 5) is 23.5. The molecule has 2 N–H and O–H groups in total. The number of carbonyl (C=O) groups excluding carboxylic acids is 1. The van der Waals surface area contributed by atoms with Gasteiger partial charge in [0.05, 0.1) is 20.3 Å². The van der Waals surface area contributed by atoms with Crippen LogP contribution in [0.15, 0.2) is 54.7 Å². The number of carbonyl (C=O) groups is 1. The van der Waals surface area contributed by atoms with Gasteiger partial charge < -0.3 is 24.7 Å². The Kier molecular flexibility index (Phi) is 7.67. The number of aromatic amines is 1. The fraction of sp³-hybridized carbons (Fsp3) is 0.387. The van der Waals surface area contributed by atoms with Gasteiger partial charge in [0, 0.05) is 87.4 Å². The number of rotatable bonds is 7. The third-order valence-corrected chi connectivity index (χ3v) is 8.09. The maximum atomic E-state index is 13.2. The van der Waals surface area contributed by atoms with Crippen molar-refractivity contribution < 1.29 is 14.3 Å². The minimum Gasteiger partial charge on any atom is -0.496 e. The van der Waals surface area contributed by atoms with Crippen LogP contribution >= 0.6 is 0 Å². The number of para-hydroxylation sites is 1. The molecular weight excluding hydrogens is 490 g/mol. The van der Waals surface area contributed by atoms with Gasteiger partial charge in [-0.15, -0.1) is 0 Å². The van der Waals surface area contributed by atoms with Gasteiger partial charge in [0.25, 0.3) is 5.91 Å². The standard InChI is InChI=1S/C31H37N5O3/c1-38-29-5-3-2-4-26(29)28-22-33-30-27(28)20-25(21-32-30)23-6-8-24(9-7-23)31(37)36-14-12-34(13-15-36)10-11-35-16-18-39-19-17-35/h2-9,20,22,32-33H,10-19,21H2,1H3. The molecule has 3 aromatic rings. The van der Waals surface area contributed by atoms with Crippen LogP contribution in [0.5, 0.6) is 5.75 Å². The number of anilines is 1. The lowest BCUT2D eigenvalue weighted by Crippen LogP contribution is -2.51. The minimum absolute atomic E-state index is 0.122. The highest BCUT2D eigenvalue weighted by Gasteiger charge is 2.23. The molecule has 0 radical (unpaired) electrons. The van der Waals surface area contributed by atoms with Crippen LogP contribution in [0.1, 0.15) is 21.5 Å². The molecule has 2 aromatic carbocycles. The third-order valence-electron chi connectivity index (χ3n) is 8.09. The van der Waals surface area contributed by atoms with E-state index in [1.807, 2.05) is 41.4 Å². The molecule has 4 heterocycles. The molecule has 6 rings (SSSR count). The van der Waals surface area contributed by atoms with E-state index in [2.05, 4.69) is 44.4 Å². The summed E-state index contributed by atoms with van der Waals surface area (Å²) in [5.41, 5.74) is 6.33. The van der Waals surface area contributed by atoms with Crippen LogP contribution in [0.25, 0.3) is 22.8 Å². The number of nitrogens with zero attached hydrogens (tertiary/aromatic N) is 3. The number of aromatic nitrogens is 1. The van der Waals surface area contributed by atoms with Gasteiger partial charge >= 0.3 is 0 Å². The van der Waals surface area contributed by atoms with Crippen LogP contribution in [0, 0.1) is 0 Å². The number of hydrogen-bond donors (Lipinski definition) is 2. The van der Waals surface area contributed by atoms with Crippen LogP contribution in [0.2, 0.25) is 0 Å². The Labute approximate surface area is 230 Å². The highest BCUT2D eigenvalue weighted by molar-refractivity contribution is 5.98. The Hall–Kier alpha value is -3.59. The second-order valence-corrected chi connectivity index (χ2v) is 10.4. The number of benzene rings is 2. The van der Waals surface area contributed by atoms with Crippen LogP contribution < -0.4 is 10.1 Å². The quantitative estimate of drug-likeness (QED) is 0.488. The molecule has 0 saturated carbocycles. The summed E-state index contributed by atoms with van der Waals surface area (Å²) < 4.78 is 11.0. The number of fused-ring (bicyclic) bond motifs is 1. The van der Waals surface area contributed by atoms with Crippen LogP contribution in [-0.2, 0) is 4.74 Å². The second-order valence-electron chi connectivity index (χ2n) is 10.4. The monoisotopic (exact) mass is 527 g/mol. The molecular formula is C31H37N5O3. The molecule has 1 aromatic heterocycles. The summed E-state index contributed by atoms with van der Waals surface area (Å²) >= 11 is 0. The van der Waals surface area contributed by atoms with Crippen molar-refractivity contribution in [2.45, 2.75) is 0 Å². The maximum Gasteiger partial charge on any atom is 0.253 e. The van der Waals surface area contributed by atoms with E-state index in [0.29, 0.717) is 0 Å². The average molecular weight is 528 g/mol. The number of amides is 1. The number of H-pyrrole nitrogens is 1. The van der Waals surface area contributed by atoms with Crippen molar-refractivity contribution in [3.63, 3.8) is 0 Å². The largest absolute Gasteiger partial charge is 0.496 e. The molecule has 0 aliphatic carbocycles. The van der Waals surface area contributed by atoms with Crippen molar-refractivity contribution in [3.8, 4) is 16.9 Å². The highest BCUT2D eigenvalue weighted by atomic mass is 16.5. The van der Waals surface area contributed by atoms with Gasteiger partial charge in [-0.25, -0.2) is 0 Å². The van der Waals surface area contributed by atoms with E-state index < -0.39 is 0 Å². The predicted molar refractivity (Wildman–Crippen MR) is 155 cm³/mol. The molecule has 0 unspecified atom stereocenters. The lowest BCUT2D eigenvalue weighted by molar-refractivity contribution is 0.0293. The number of nitrogens with one attached hydrogen (secondary N) is 2. The first-order valence-corrected chi connectivity index (χ1v) is 13.9. The summed E-state index contributed by atoms with van der Waals surface area (Å²) in [6, 6.07) is 16.1. The molecule has 3 aliphatic rings. The number of methoxy groups -OCH3 is 1. The van der Waals surface area contributed by atoms with E-state index in [4.69, 9.17) is 9.47 Å². The third kappa shape index (κ3) is 5.59. The Morgan fingerprint density at radius 2 is 1.62 bits per heavy atom. The molecule has 0 spiro atoms. The second kappa shape index (κ2) is 11.7. The molecule has 8 heteroatoms. The first-order valence-electron chi connectivity index (χ1n) is 13.9. The van der Waals surface area contributed by atoms with Gasteiger partial charge in [0.1, 0.15) is 11.6 Å². The zero-order valence-electron chi connectivity index (χ0n) is 22.6. The normalized spacial score (nSPS) is 18.3. The number of morpholine rings is 1. The Balaban J connectivity index is 1.09. The number of ether oxygens (including phenoxy) is 2. The van der Waals surface area contributed by atoms with Crippen molar-refractivity contribution >= 4 is 23.4 Å². The average Bonchev–Trinajstić information content (AvgIpc) is 3.44. The predicted octanol–water partition coefficient (Wildman–Crippen LogP) is 3.75. The van der Waals surface area contributed by atoms with Crippen molar-refractivity contribution in [2.24, 2.45) is 0 Å². The van der Waals surface area contributed by atoms with Crippen molar-refractivity contribution in [1.82, 2.24) is 19.7 Å². The minimum atomic E-state index is 0.122. The first-order chi connectivity index (χ1) is 19.2. The van der Waals surface area contributed by atoms with E-state index in [1.165, 1.54) is 5.57 Å². The van der Waals surface area contributed by atoms with Crippen molar-refractivity contribution in [2.75, 3.05) is 84.5 Å². The van der Waals surface area contributed by atoms with Gasteiger partial charge in [-0.2, -0.15) is 0 Å². The molecule has 0 bridgehead atoms. The van der Waals surface area contributed by atoms with Crippen molar-refractivity contribution in [3.05, 3.63) is 71.4 Å². The summed E-state index contributed by atoms with van der Waals surface area (Å²) in [5.74, 6) is 1.98. The van der Waals surface area contributed by atoms with E-state index in [-0.39, 0.29) is 5.91 Å². The van der Waals surface area contributed by atoms with Crippen LogP contribution in [0.4, 0.5) is 5.82 Å². The number of hydrogen-bond acceptors (Lipinski definition) is 6. The summed E-state index contributed by atoms with van der Waals surface area (Å²) in [7, 11) is 1.70. The topological polar surface area (TPSA) is 73.1 Å². The van der Waals surface area contributed by atoms with Crippen LogP contribution in [0.3, 0.4) is 0 Å². The molecule has 1 amide bonds. The molecule has 2 fully saturated rings. The summed E-state index contributed by atoms with van der Waals surface area (Å²) in [6.07, 6.45) is 4.26. The van der Waals surface area contributed by atoms with Gasteiger partial charge in [0.15, 0.2) is 0 Å². The fourth-order valence-electron chi connectivity index (χ4n) is 5.71. The van der Waals surface area contributed by atoms with Crippen molar-refractivity contribution in [1.29, 1.82) is 0 Å². The molecule has 8 nitrogen and oxygen atoms in total. The molecule has 39 heavy (non-hydrogen) atoms. The Bertz CT molecular complexity index is 1320. The zero-order chi connectivity index (χ0) is 26.6. The molecule has 204 valence electrons. The van der Waals surface area contributed by atoms with Gasteiger partial charge in [-0.3, -0.25) is 14.6 Å². The number of piperazine rings is 1. The Morgan fingerprint density at radius 3 is 2.36 bits per heavy atom. The lowest BCUT2D eigenvalue weighted by atomic mass is 9.95. The fourth-order valence-corrected chi connectivity index (χ4v) is 5.71. The van der Waals surface area contributed by atoms with E-state index in [9.17, 15) is 4.79 Å². The summed E-state index contributed by atoms with van der Waals surface area (Å²) in [6.45, 7) is 10.0. The smallest absolute Gasteiger partial charge is 0.253 e. The highest BCUT2D eigenvalue weighted by Crippen LogP contribution is 2.39. The van der Waals surface area contributed by atoms with Gasteiger partial charge in [-0.1, -0.05) is 30.3 Å². The van der Waals surface area contributed by atoms with E-state index in [0.717, 1.165) is 112 Å². The molecule has 3 aliphatic heterocycles. The SMILES string of the molecule is COc1ccccc1-c1c[nH]c2c1C=C(c1ccc(C(=O)N3CCN(CCN4CCOCC4)CC3)cc1)CN2. The van der Waals surface area contributed by atoms with Gasteiger partial charge in [-0.05, 0) is 35.4 Å². The maximum absolute atomic E-state index is 13.2.